The lowest BCUT2D eigenvalue weighted by molar-refractivity contribution is -0.146. The van der Waals surface area contributed by atoms with Crippen LogP contribution in [0.25, 0.3) is 0 Å². The second-order valence-electron chi connectivity index (χ2n) is 6.48. The van der Waals surface area contributed by atoms with Crippen LogP contribution in [-0.2, 0) is 19.1 Å². The maximum absolute atomic E-state index is 10.5. The van der Waals surface area contributed by atoms with Crippen molar-refractivity contribution in [3.8, 4) is 0 Å². The molecular weight excluding hydrogens is 288 g/mol. The zero-order valence-corrected chi connectivity index (χ0v) is 12.9. The molecule has 22 heavy (non-hydrogen) atoms. The summed E-state index contributed by atoms with van der Waals surface area (Å²) >= 11 is 0. The number of carboxylic acids is 2. The Morgan fingerprint density at radius 3 is 1.27 bits per heavy atom. The topological polar surface area (TPSA) is 93.1 Å². The minimum Gasteiger partial charge on any atom is -0.480 e. The predicted octanol–water partition coefficient (Wildman–Crippen LogP) is 2.31. The third-order valence-electron chi connectivity index (χ3n) is 4.99. The van der Waals surface area contributed by atoms with Crippen LogP contribution >= 0.6 is 0 Å². The molecule has 6 heteroatoms. The summed E-state index contributed by atoms with van der Waals surface area (Å²) in [5.41, 5.74) is 0. The molecule has 2 aliphatic rings. The summed E-state index contributed by atoms with van der Waals surface area (Å²) in [7, 11) is 0. The Bertz CT molecular complexity index is 331. The number of aliphatic carboxylic acids is 2. The molecule has 0 bridgehead atoms. The molecule has 2 fully saturated rings. The first-order chi connectivity index (χ1) is 10.5. The van der Waals surface area contributed by atoms with E-state index < -0.39 is 11.9 Å². The zero-order valence-electron chi connectivity index (χ0n) is 12.9. The number of hydrogen-bond acceptors (Lipinski definition) is 4. The van der Waals surface area contributed by atoms with Crippen molar-refractivity contribution < 1.29 is 29.3 Å². The first-order valence-corrected chi connectivity index (χ1v) is 8.21. The normalized spacial score (nSPS) is 32.5. The first-order valence-electron chi connectivity index (χ1n) is 8.21. The highest BCUT2D eigenvalue weighted by atomic mass is 16.5. The molecule has 0 amide bonds. The van der Waals surface area contributed by atoms with Gasteiger partial charge >= 0.3 is 11.9 Å². The predicted molar refractivity (Wildman–Crippen MR) is 78.7 cm³/mol. The second kappa shape index (κ2) is 8.48. The van der Waals surface area contributed by atoms with E-state index in [9.17, 15) is 9.59 Å². The summed E-state index contributed by atoms with van der Waals surface area (Å²) in [6.07, 6.45) is 8.43. The molecule has 0 aromatic carbocycles. The summed E-state index contributed by atoms with van der Waals surface area (Å²) in [6.45, 7) is -0.386. The monoisotopic (exact) mass is 314 g/mol. The van der Waals surface area contributed by atoms with Gasteiger partial charge in [-0.15, -0.1) is 0 Å². The average Bonchev–Trinajstić information content (AvgIpc) is 2.52. The van der Waals surface area contributed by atoms with E-state index in [4.69, 9.17) is 19.7 Å². The third-order valence-corrected chi connectivity index (χ3v) is 4.99. The molecule has 0 aromatic heterocycles. The molecule has 2 rings (SSSR count). The van der Waals surface area contributed by atoms with Gasteiger partial charge < -0.3 is 19.7 Å². The largest absolute Gasteiger partial charge is 0.480 e. The van der Waals surface area contributed by atoms with Crippen LogP contribution in [0.15, 0.2) is 0 Å². The van der Waals surface area contributed by atoms with Gasteiger partial charge in [0.2, 0.25) is 0 Å². The van der Waals surface area contributed by atoms with Gasteiger partial charge in [0.1, 0.15) is 13.2 Å². The van der Waals surface area contributed by atoms with Crippen molar-refractivity contribution in [3.05, 3.63) is 0 Å². The van der Waals surface area contributed by atoms with Crippen molar-refractivity contribution in [3.63, 3.8) is 0 Å². The van der Waals surface area contributed by atoms with E-state index in [1.54, 1.807) is 0 Å². The zero-order chi connectivity index (χ0) is 15.9. The van der Waals surface area contributed by atoms with Gasteiger partial charge in [-0.1, -0.05) is 0 Å². The van der Waals surface area contributed by atoms with Crippen molar-refractivity contribution in [2.75, 3.05) is 13.2 Å². The summed E-state index contributed by atoms with van der Waals surface area (Å²) in [5, 5.41) is 17.3. The van der Waals surface area contributed by atoms with Crippen LogP contribution in [0.5, 0.6) is 0 Å². The first kappa shape index (κ1) is 17.2. The molecule has 0 unspecified atom stereocenters. The average molecular weight is 314 g/mol. The van der Waals surface area contributed by atoms with E-state index in [2.05, 4.69) is 0 Å². The summed E-state index contributed by atoms with van der Waals surface area (Å²) in [4.78, 5) is 21.0. The lowest BCUT2D eigenvalue weighted by atomic mass is 9.72. The Balaban J connectivity index is 1.64. The van der Waals surface area contributed by atoms with Gasteiger partial charge in [-0.3, -0.25) is 0 Å². The van der Waals surface area contributed by atoms with Crippen LogP contribution < -0.4 is 0 Å². The van der Waals surface area contributed by atoms with Crippen molar-refractivity contribution in [1.82, 2.24) is 0 Å². The Kier molecular flexibility index (Phi) is 6.64. The van der Waals surface area contributed by atoms with Crippen molar-refractivity contribution >= 4 is 11.9 Å². The van der Waals surface area contributed by atoms with Crippen LogP contribution in [-0.4, -0.2) is 47.6 Å². The van der Waals surface area contributed by atoms with Crippen LogP contribution in [0.3, 0.4) is 0 Å². The van der Waals surface area contributed by atoms with Crippen molar-refractivity contribution in [2.45, 2.75) is 63.6 Å². The maximum atomic E-state index is 10.5. The summed E-state index contributed by atoms with van der Waals surface area (Å²) < 4.78 is 10.8. The van der Waals surface area contributed by atoms with Gasteiger partial charge in [-0.2, -0.15) is 0 Å². The molecule has 6 nitrogen and oxygen atoms in total. The highest BCUT2D eigenvalue weighted by Gasteiger charge is 2.31. The van der Waals surface area contributed by atoms with Gasteiger partial charge in [-0.05, 0) is 63.2 Å². The maximum Gasteiger partial charge on any atom is 0.329 e. The fraction of sp³-hybridized carbons (Fsp3) is 0.875. The molecule has 2 aliphatic carbocycles. The van der Waals surface area contributed by atoms with E-state index in [0.717, 1.165) is 51.4 Å². The molecule has 0 saturated heterocycles. The Morgan fingerprint density at radius 1 is 0.682 bits per heavy atom. The van der Waals surface area contributed by atoms with Crippen LogP contribution in [0, 0.1) is 11.8 Å². The standard InChI is InChI=1S/C16H26O6/c17-15(18)9-21-13-5-1-11(2-6-13)12-3-7-14(8-4-12)22-10-16(19)20/h11-14H,1-10H2,(H,17,18)(H,19,20). The van der Waals surface area contributed by atoms with Crippen molar-refractivity contribution in [1.29, 1.82) is 0 Å². The fourth-order valence-corrected chi connectivity index (χ4v) is 3.83. The van der Waals surface area contributed by atoms with Gasteiger partial charge in [0, 0.05) is 0 Å². The smallest absolute Gasteiger partial charge is 0.329 e. The molecule has 0 aromatic rings. The number of hydrogen-bond donors (Lipinski definition) is 2. The number of ether oxygens (including phenoxy) is 2. The van der Waals surface area contributed by atoms with Gasteiger partial charge in [0.15, 0.2) is 0 Å². The molecule has 126 valence electrons. The Hall–Kier alpha value is -1.14. The molecular formula is C16H26O6. The minimum absolute atomic E-state index is 0.0996. The number of carbonyl (C=O) groups is 2. The molecule has 0 atom stereocenters. The third kappa shape index (κ3) is 5.57. The SMILES string of the molecule is O=C(O)COC1CCC(C2CCC(OCC(=O)O)CC2)CC1. The summed E-state index contributed by atoms with van der Waals surface area (Å²) in [6, 6.07) is 0. The van der Waals surface area contributed by atoms with Gasteiger partial charge in [0.25, 0.3) is 0 Å². The van der Waals surface area contributed by atoms with E-state index in [0.29, 0.717) is 11.8 Å². The number of carboxylic acid groups (broad SMARTS) is 2. The Labute approximate surface area is 130 Å². The lowest BCUT2D eigenvalue weighted by Crippen LogP contribution is -2.31. The molecule has 0 aliphatic heterocycles. The molecule has 2 saturated carbocycles. The highest BCUT2D eigenvalue weighted by Crippen LogP contribution is 2.39. The summed E-state index contributed by atoms with van der Waals surface area (Å²) in [5.74, 6) is -0.404. The molecule has 0 heterocycles. The van der Waals surface area contributed by atoms with Crippen molar-refractivity contribution in [2.24, 2.45) is 11.8 Å². The van der Waals surface area contributed by atoms with Crippen LogP contribution in [0.4, 0.5) is 0 Å². The second-order valence-corrected chi connectivity index (χ2v) is 6.48. The quantitative estimate of drug-likeness (QED) is 0.749. The van der Waals surface area contributed by atoms with E-state index in [-0.39, 0.29) is 25.4 Å². The van der Waals surface area contributed by atoms with E-state index >= 15 is 0 Å². The van der Waals surface area contributed by atoms with E-state index in [1.807, 2.05) is 0 Å². The van der Waals surface area contributed by atoms with Crippen LogP contribution in [0.1, 0.15) is 51.4 Å². The van der Waals surface area contributed by atoms with Gasteiger partial charge in [0.05, 0.1) is 12.2 Å². The molecule has 0 spiro atoms. The molecule has 2 N–H and O–H groups in total. The lowest BCUT2D eigenvalue weighted by Gasteiger charge is -2.37. The van der Waals surface area contributed by atoms with Crippen LogP contribution in [0.2, 0.25) is 0 Å². The fourth-order valence-electron chi connectivity index (χ4n) is 3.83. The number of rotatable bonds is 7. The highest BCUT2D eigenvalue weighted by molar-refractivity contribution is 5.68. The van der Waals surface area contributed by atoms with Gasteiger partial charge in [-0.25, -0.2) is 9.59 Å². The Morgan fingerprint density at radius 2 is 1.00 bits per heavy atom. The van der Waals surface area contributed by atoms with E-state index in [1.165, 1.54) is 0 Å². The minimum atomic E-state index is -0.901. The molecule has 0 radical (unpaired) electrons.